The molecule has 3 aromatic rings. The first-order valence-electron chi connectivity index (χ1n) is 7.83. The topological polar surface area (TPSA) is 102 Å². The number of nitrogens with zero attached hydrogens (tertiary/aromatic N) is 4. The van der Waals surface area contributed by atoms with Gasteiger partial charge in [-0.05, 0) is 17.7 Å². The maximum Gasteiger partial charge on any atom is 0.335 e. The Labute approximate surface area is 160 Å². The van der Waals surface area contributed by atoms with Crippen molar-refractivity contribution in [2.24, 2.45) is 7.05 Å². The van der Waals surface area contributed by atoms with Gasteiger partial charge in [-0.25, -0.2) is 14.8 Å². The molecule has 2 aromatic heterocycles. The van der Waals surface area contributed by atoms with E-state index in [4.69, 9.17) is 16.3 Å². The minimum atomic E-state index is -1.06. The Hall–Kier alpha value is -3.39. The number of aryl methyl sites for hydroxylation is 1. The zero-order valence-electron chi connectivity index (χ0n) is 14.5. The Bertz CT molecular complexity index is 999. The second kappa shape index (κ2) is 7.88. The third kappa shape index (κ3) is 4.42. The molecule has 0 aliphatic rings. The van der Waals surface area contributed by atoms with Crippen molar-refractivity contribution in [3.05, 3.63) is 58.6 Å². The number of benzene rings is 1. The van der Waals surface area contributed by atoms with Crippen LogP contribution in [0, 0.1) is 0 Å². The van der Waals surface area contributed by atoms with E-state index in [1.807, 2.05) is 13.2 Å². The van der Waals surface area contributed by atoms with Gasteiger partial charge in [0, 0.05) is 31.2 Å². The summed E-state index contributed by atoms with van der Waals surface area (Å²) in [7, 11) is 3.25. The van der Waals surface area contributed by atoms with Crippen LogP contribution in [0.25, 0.3) is 12.2 Å². The van der Waals surface area contributed by atoms with Crippen LogP contribution < -0.4 is 10.1 Å². The van der Waals surface area contributed by atoms with Gasteiger partial charge in [-0.3, -0.25) is 4.68 Å². The summed E-state index contributed by atoms with van der Waals surface area (Å²) in [5, 5.41) is 16.6. The Morgan fingerprint density at radius 2 is 2.00 bits per heavy atom. The van der Waals surface area contributed by atoms with Crippen LogP contribution in [0.15, 0.2) is 36.9 Å². The number of rotatable bonds is 6. The summed E-state index contributed by atoms with van der Waals surface area (Å²) in [5.41, 5.74) is 2.11. The van der Waals surface area contributed by atoms with E-state index < -0.39 is 5.97 Å². The second-order valence-corrected chi connectivity index (χ2v) is 5.97. The molecular formula is C18H16ClN5O3. The first-order chi connectivity index (χ1) is 13.0. The highest BCUT2D eigenvalue weighted by molar-refractivity contribution is 6.33. The van der Waals surface area contributed by atoms with E-state index in [0.717, 1.165) is 11.3 Å². The minimum Gasteiger partial charge on any atom is -0.495 e. The third-order valence-corrected chi connectivity index (χ3v) is 4.03. The fourth-order valence-corrected chi connectivity index (χ4v) is 2.55. The molecule has 0 radical (unpaired) electrons. The number of aromatic carboxylic acids is 1. The SMILES string of the molecule is COc1cc(C(=O)O)cc(C=Cc2cnc(Nc3cnn(C)c3)nc2)c1Cl. The van der Waals surface area contributed by atoms with Crippen molar-refractivity contribution < 1.29 is 14.6 Å². The van der Waals surface area contributed by atoms with Gasteiger partial charge in [0.05, 0.1) is 29.6 Å². The molecular weight excluding hydrogens is 370 g/mol. The van der Waals surface area contributed by atoms with Gasteiger partial charge < -0.3 is 15.2 Å². The lowest BCUT2D eigenvalue weighted by Crippen LogP contribution is -1.99. The molecule has 0 saturated heterocycles. The van der Waals surface area contributed by atoms with Gasteiger partial charge in [-0.1, -0.05) is 23.8 Å². The van der Waals surface area contributed by atoms with Crippen LogP contribution in [0.5, 0.6) is 5.75 Å². The molecule has 3 rings (SSSR count). The standard InChI is InChI=1S/C18H16ClN5O3/c1-24-10-14(9-22-24)23-18-20-7-11(8-21-18)3-4-12-5-13(17(25)26)6-15(27-2)16(12)19/h3-10H,1-2H3,(H,25,26)(H,20,21,23). The Morgan fingerprint density at radius 1 is 1.26 bits per heavy atom. The zero-order valence-corrected chi connectivity index (χ0v) is 15.3. The number of ether oxygens (including phenoxy) is 1. The lowest BCUT2D eigenvalue weighted by atomic mass is 10.1. The molecule has 0 aliphatic heterocycles. The predicted octanol–water partition coefficient (Wildman–Crippen LogP) is 3.48. The molecule has 0 atom stereocenters. The summed E-state index contributed by atoms with van der Waals surface area (Å²) in [5.74, 6) is -0.329. The number of carboxylic acid groups (broad SMARTS) is 1. The van der Waals surface area contributed by atoms with Crippen LogP contribution in [-0.4, -0.2) is 37.9 Å². The van der Waals surface area contributed by atoms with Crippen molar-refractivity contribution in [1.29, 1.82) is 0 Å². The Morgan fingerprint density at radius 3 is 2.59 bits per heavy atom. The normalized spacial score (nSPS) is 10.9. The van der Waals surface area contributed by atoms with Gasteiger partial charge in [0.1, 0.15) is 5.75 Å². The monoisotopic (exact) mass is 385 g/mol. The third-order valence-electron chi connectivity index (χ3n) is 3.62. The van der Waals surface area contributed by atoms with Crippen LogP contribution in [0.3, 0.4) is 0 Å². The maximum atomic E-state index is 11.2. The number of carbonyl (C=O) groups is 1. The molecule has 0 amide bonds. The summed E-state index contributed by atoms with van der Waals surface area (Å²) in [6, 6.07) is 2.85. The van der Waals surface area contributed by atoms with Crippen LogP contribution in [0.1, 0.15) is 21.5 Å². The highest BCUT2D eigenvalue weighted by Gasteiger charge is 2.12. The molecule has 8 nitrogen and oxygen atoms in total. The number of hydrogen-bond acceptors (Lipinski definition) is 6. The highest BCUT2D eigenvalue weighted by Crippen LogP contribution is 2.31. The van der Waals surface area contributed by atoms with Crippen molar-refractivity contribution in [2.75, 3.05) is 12.4 Å². The number of nitrogens with one attached hydrogen (secondary N) is 1. The van der Waals surface area contributed by atoms with Crippen LogP contribution in [0.4, 0.5) is 11.6 Å². The summed E-state index contributed by atoms with van der Waals surface area (Å²) >= 11 is 6.25. The lowest BCUT2D eigenvalue weighted by Gasteiger charge is -2.08. The molecule has 9 heteroatoms. The van der Waals surface area contributed by atoms with E-state index in [-0.39, 0.29) is 5.56 Å². The van der Waals surface area contributed by atoms with E-state index >= 15 is 0 Å². The Kier molecular flexibility index (Phi) is 5.37. The summed E-state index contributed by atoms with van der Waals surface area (Å²) in [4.78, 5) is 19.7. The molecule has 2 N–H and O–H groups in total. The molecule has 0 bridgehead atoms. The van der Waals surface area contributed by atoms with Crippen LogP contribution in [-0.2, 0) is 7.05 Å². The smallest absolute Gasteiger partial charge is 0.335 e. The van der Waals surface area contributed by atoms with E-state index in [2.05, 4.69) is 20.4 Å². The number of anilines is 2. The first kappa shape index (κ1) is 18.4. The fourth-order valence-electron chi connectivity index (χ4n) is 2.30. The molecule has 0 fully saturated rings. The molecule has 0 saturated carbocycles. The van der Waals surface area contributed by atoms with Gasteiger partial charge in [0.25, 0.3) is 0 Å². The Balaban J connectivity index is 1.79. The van der Waals surface area contributed by atoms with Crippen molar-refractivity contribution in [3.8, 4) is 5.75 Å². The van der Waals surface area contributed by atoms with Crippen LogP contribution in [0.2, 0.25) is 5.02 Å². The predicted molar refractivity (Wildman–Crippen MR) is 102 cm³/mol. The van der Waals surface area contributed by atoms with E-state index in [0.29, 0.717) is 22.3 Å². The van der Waals surface area contributed by atoms with Crippen molar-refractivity contribution in [2.45, 2.75) is 0 Å². The van der Waals surface area contributed by atoms with Crippen molar-refractivity contribution >= 4 is 41.4 Å². The minimum absolute atomic E-state index is 0.0863. The fraction of sp³-hybridized carbons (Fsp3) is 0.111. The maximum absolute atomic E-state index is 11.2. The molecule has 0 spiro atoms. The molecule has 138 valence electrons. The number of methoxy groups -OCH3 is 1. The second-order valence-electron chi connectivity index (χ2n) is 5.59. The van der Waals surface area contributed by atoms with Crippen molar-refractivity contribution in [1.82, 2.24) is 19.7 Å². The van der Waals surface area contributed by atoms with Gasteiger partial charge in [0.15, 0.2) is 0 Å². The largest absolute Gasteiger partial charge is 0.495 e. The molecule has 0 unspecified atom stereocenters. The van der Waals surface area contributed by atoms with Crippen molar-refractivity contribution in [3.63, 3.8) is 0 Å². The number of aromatic nitrogens is 4. The molecule has 0 aliphatic carbocycles. The van der Waals surface area contributed by atoms with Crippen LogP contribution >= 0.6 is 11.6 Å². The van der Waals surface area contributed by atoms with Gasteiger partial charge in [-0.15, -0.1) is 0 Å². The quantitative estimate of drug-likeness (QED) is 0.669. The number of halogens is 1. The highest BCUT2D eigenvalue weighted by atomic mass is 35.5. The number of hydrogen-bond donors (Lipinski definition) is 2. The molecule has 1 aromatic carbocycles. The molecule has 27 heavy (non-hydrogen) atoms. The molecule has 2 heterocycles. The number of carboxylic acids is 1. The summed E-state index contributed by atoms with van der Waals surface area (Å²) in [6.45, 7) is 0. The van der Waals surface area contributed by atoms with Gasteiger partial charge >= 0.3 is 5.97 Å². The van der Waals surface area contributed by atoms with E-state index in [1.54, 1.807) is 35.4 Å². The summed E-state index contributed by atoms with van der Waals surface area (Å²) < 4.78 is 6.80. The van der Waals surface area contributed by atoms with E-state index in [9.17, 15) is 9.90 Å². The summed E-state index contributed by atoms with van der Waals surface area (Å²) in [6.07, 6.45) is 10.2. The average Bonchev–Trinajstić information content (AvgIpc) is 3.06. The van der Waals surface area contributed by atoms with Gasteiger partial charge in [-0.2, -0.15) is 5.10 Å². The van der Waals surface area contributed by atoms with E-state index in [1.165, 1.54) is 19.2 Å². The zero-order chi connectivity index (χ0) is 19.4. The first-order valence-corrected chi connectivity index (χ1v) is 8.20. The lowest BCUT2D eigenvalue weighted by molar-refractivity contribution is 0.0696. The van der Waals surface area contributed by atoms with Gasteiger partial charge in [0.2, 0.25) is 5.95 Å². The average molecular weight is 386 g/mol.